The first-order chi connectivity index (χ1) is 13.1. The van der Waals surface area contributed by atoms with E-state index in [0.717, 1.165) is 18.6 Å². The van der Waals surface area contributed by atoms with Gasteiger partial charge in [0.1, 0.15) is 6.04 Å². The molecule has 0 bridgehead atoms. The highest BCUT2D eigenvalue weighted by Gasteiger charge is 2.25. The van der Waals surface area contributed by atoms with Gasteiger partial charge in [0.2, 0.25) is 0 Å². The fourth-order valence-electron chi connectivity index (χ4n) is 2.99. The van der Waals surface area contributed by atoms with E-state index in [-0.39, 0.29) is 5.25 Å². The topological polar surface area (TPSA) is 75.6 Å². The number of hydrogen-bond donors (Lipinski definition) is 2. The minimum absolute atomic E-state index is 0.152. The molecule has 0 spiro atoms. The van der Waals surface area contributed by atoms with Gasteiger partial charge in [-0.05, 0) is 30.6 Å². The average Bonchev–Trinajstić information content (AvgIpc) is 2.66. The molecule has 0 saturated carbocycles. The van der Waals surface area contributed by atoms with Crippen LogP contribution in [-0.2, 0) is 16.0 Å². The van der Waals surface area contributed by atoms with Crippen LogP contribution in [0.3, 0.4) is 0 Å². The van der Waals surface area contributed by atoms with Crippen LogP contribution in [0.15, 0.2) is 30.3 Å². The third-order valence-electron chi connectivity index (χ3n) is 4.44. The Labute approximate surface area is 167 Å². The van der Waals surface area contributed by atoms with E-state index in [9.17, 15) is 9.59 Å². The normalized spacial score (nSPS) is 13.0. The fraction of sp³-hybridized carbons (Fsp3) is 0.619. The minimum Gasteiger partial charge on any atom is -0.467 e. The molecule has 0 saturated heterocycles. The lowest BCUT2D eigenvalue weighted by Gasteiger charge is -2.22. The quantitative estimate of drug-likeness (QED) is 0.346. The molecule has 0 fully saturated rings. The average molecular weight is 396 g/mol. The van der Waals surface area contributed by atoms with Gasteiger partial charge in [-0.1, -0.05) is 69.4 Å². The Morgan fingerprint density at radius 2 is 1.78 bits per heavy atom. The van der Waals surface area contributed by atoms with E-state index < -0.39 is 18.1 Å². The van der Waals surface area contributed by atoms with Gasteiger partial charge in [-0.2, -0.15) is 11.8 Å². The van der Waals surface area contributed by atoms with Crippen molar-refractivity contribution in [3.8, 4) is 0 Å². The molecule has 0 aliphatic heterocycles. The molecule has 152 valence electrons. The van der Waals surface area contributed by atoms with Crippen LogP contribution in [0.1, 0.15) is 57.4 Å². The summed E-state index contributed by atoms with van der Waals surface area (Å²) in [6, 6.07) is 9.27. The molecule has 0 heterocycles. The molecule has 0 radical (unpaired) electrons. The zero-order valence-corrected chi connectivity index (χ0v) is 17.3. The van der Waals surface area contributed by atoms with E-state index in [1.165, 1.54) is 44.8 Å². The fourth-order valence-corrected chi connectivity index (χ4v) is 4.33. The number of ether oxygens (including phenoxy) is 1. The Kier molecular flexibility index (Phi) is 12.4. The van der Waals surface area contributed by atoms with Crippen molar-refractivity contribution in [1.29, 1.82) is 0 Å². The Morgan fingerprint density at radius 3 is 2.41 bits per heavy atom. The molecule has 1 aromatic carbocycles. The molecule has 6 heteroatoms. The van der Waals surface area contributed by atoms with Gasteiger partial charge in [0.25, 0.3) is 0 Å². The molecule has 27 heavy (non-hydrogen) atoms. The van der Waals surface area contributed by atoms with Crippen LogP contribution in [0.5, 0.6) is 0 Å². The number of unbranched alkanes of at least 4 members (excludes halogenated alkanes) is 5. The van der Waals surface area contributed by atoms with Gasteiger partial charge < -0.3 is 15.2 Å². The van der Waals surface area contributed by atoms with E-state index in [0.29, 0.717) is 6.42 Å². The number of nitrogens with one attached hydrogen (secondary N) is 1. The Morgan fingerprint density at radius 1 is 1.11 bits per heavy atom. The van der Waals surface area contributed by atoms with Crippen molar-refractivity contribution in [2.45, 2.75) is 69.6 Å². The van der Waals surface area contributed by atoms with Crippen molar-refractivity contribution in [3.63, 3.8) is 0 Å². The van der Waals surface area contributed by atoms with E-state index in [1.807, 2.05) is 30.0 Å². The van der Waals surface area contributed by atoms with Gasteiger partial charge in [0, 0.05) is 5.25 Å². The predicted molar refractivity (Wildman–Crippen MR) is 111 cm³/mol. The third kappa shape index (κ3) is 10.9. The molecular weight excluding hydrogens is 362 g/mol. The zero-order chi connectivity index (χ0) is 19.9. The Hall–Kier alpha value is -1.69. The van der Waals surface area contributed by atoms with Crippen LogP contribution >= 0.6 is 11.8 Å². The largest absolute Gasteiger partial charge is 0.467 e. The lowest BCUT2D eigenvalue weighted by atomic mass is 10.0. The molecule has 2 unspecified atom stereocenters. The molecule has 0 aliphatic rings. The number of esters is 1. The molecule has 1 amide bonds. The summed E-state index contributed by atoms with van der Waals surface area (Å²) in [6.07, 6.45) is 7.50. The second-order valence-electron chi connectivity index (χ2n) is 6.71. The Balaban J connectivity index is 2.60. The zero-order valence-electron chi connectivity index (χ0n) is 16.5. The number of rotatable bonds is 14. The van der Waals surface area contributed by atoms with Gasteiger partial charge in [-0.15, -0.1) is 0 Å². The molecule has 0 aliphatic carbocycles. The summed E-state index contributed by atoms with van der Waals surface area (Å²) in [5, 5.41) is 11.5. The number of thioether (sulfide) groups is 1. The van der Waals surface area contributed by atoms with Crippen molar-refractivity contribution in [3.05, 3.63) is 35.9 Å². The summed E-state index contributed by atoms with van der Waals surface area (Å²) in [6.45, 7) is 2.22. The highest BCUT2D eigenvalue weighted by Crippen LogP contribution is 2.23. The van der Waals surface area contributed by atoms with Crippen molar-refractivity contribution in [2.75, 3.05) is 12.9 Å². The van der Waals surface area contributed by atoms with Gasteiger partial charge in [0.15, 0.2) is 0 Å². The number of methoxy groups -OCH3 is 1. The first kappa shape index (κ1) is 23.3. The van der Waals surface area contributed by atoms with Gasteiger partial charge in [0.05, 0.1) is 7.11 Å². The monoisotopic (exact) mass is 395 g/mol. The van der Waals surface area contributed by atoms with E-state index in [4.69, 9.17) is 9.84 Å². The second-order valence-corrected chi connectivity index (χ2v) is 8.12. The summed E-state index contributed by atoms with van der Waals surface area (Å²) >= 11 is 1.82. The maximum atomic E-state index is 12.0. The highest BCUT2D eigenvalue weighted by molar-refractivity contribution is 7.99. The second kappa shape index (κ2) is 14.4. The van der Waals surface area contributed by atoms with Crippen LogP contribution in [0.4, 0.5) is 4.79 Å². The lowest BCUT2D eigenvalue weighted by Crippen LogP contribution is -2.42. The highest BCUT2D eigenvalue weighted by atomic mass is 32.2. The summed E-state index contributed by atoms with van der Waals surface area (Å²) in [7, 11) is 1.29. The number of amides is 1. The molecular formula is C21H33NO4S. The smallest absolute Gasteiger partial charge is 0.405 e. The number of hydrogen-bond acceptors (Lipinski definition) is 4. The van der Waals surface area contributed by atoms with Crippen LogP contribution < -0.4 is 5.32 Å². The van der Waals surface area contributed by atoms with E-state index >= 15 is 0 Å². The summed E-state index contributed by atoms with van der Waals surface area (Å²) in [5.74, 6) is 0.487. The maximum absolute atomic E-state index is 12.0. The first-order valence-corrected chi connectivity index (χ1v) is 10.8. The van der Waals surface area contributed by atoms with E-state index in [1.54, 1.807) is 0 Å². The van der Waals surface area contributed by atoms with Crippen LogP contribution in [0.25, 0.3) is 0 Å². The van der Waals surface area contributed by atoms with Crippen molar-refractivity contribution in [1.82, 2.24) is 5.32 Å². The maximum Gasteiger partial charge on any atom is 0.405 e. The van der Waals surface area contributed by atoms with Gasteiger partial charge in [-0.3, -0.25) is 0 Å². The number of benzene rings is 1. The summed E-state index contributed by atoms with van der Waals surface area (Å²) < 4.78 is 4.77. The van der Waals surface area contributed by atoms with E-state index in [2.05, 4.69) is 24.4 Å². The molecule has 2 N–H and O–H groups in total. The first-order valence-electron chi connectivity index (χ1n) is 9.79. The number of carbonyl (C=O) groups is 2. The predicted octanol–water partition coefficient (Wildman–Crippen LogP) is 4.89. The van der Waals surface area contributed by atoms with Crippen LogP contribution in [0.2, 0.25) is 0 Å². The van der Waals surface area contributed by atoms with Crippen molar-refractivity contribution in [2.24, 2.45) is 0 Å². The SMILES string of the molecule is CCCCCCCCSC(Cc1ccccc1)CC(NC(=O)O)C(=O)OC. The minimum atomic E-state index is -1.20. The summed E-state index contributed by atoms with van der Waals surface area (Å²) in [5.41, 5.74) is 1.19. The van der Waals surface area contributed by atoms with Crippen molar-refractivity contribution < 1.29 is 19.4 Å². The molecule has 1 aromatic rings. The number of carbonyl (C=O) groups excluding carboxylic acids is 1. The Bertz CT molecular complexity index is 538. The number of carboxylic acid groups (broad SMARTS) is 1. The van der Waals surface area contributed by atoms with Crippen LogP contribution in [0, 0.1) is 0 Å². The van der Waals surface area contributed by atoms with Gasteiger partial charge >= 0.3 is 12.1 Å². The summed E-state index contributed by atoms with van der Waals surface area (Å²) in [4.78, 5) is 23.0. The standard InChI is InChI=1S/C21H33NO4S/c1-3-4-5-6-7-11-14-27-18(15-17-12-9-8-10-13-17)16-19(20(23)26-2)22-21(24)25/h8-10,12-13,18-19,22H,3-7,11,14-16H2,1-2H3,(H,24,25). The molecule has 5 nitrogen and oxygen atoms in total. The molecule has 2 atom stereocenters. The lowest BCUT2D eigenvalue weighted by molar-refractivity contribution is -0.143. The van der Waals surface area contributed by atoms with Crippen molar-refractivity contribution >= 4 is 23.8 Å². The van der Waals surface area contributed by atoms with Gasteiger partial charge in [-0.25, -0.2) is 9.59 Å². The van der Waals surface area contributed by atoms with Crippen LogP contribution in [-0.4, -0.2) is 41.3 Å². The molecule has 0 aromatic heterocycles. The molecule has 1 rings (SSSR count). The third-order valence-corrected chi connectivity index (χ3v) is 5.79.